The van der Waals surface area contributed by atoms with Gasteiger partial charge in [-0.05, 0) is 49.2 Å². The number of likely N-dealkylation sites (tertiary alicyclic amines) is 1. The van der Waals surface area contributed by atoms with E-state index < -0.39 is 0 Å². The second-order valence-corrected chi connectivity index (χ2v) is 6.86. The Kier molecular flexibility index (Phi) is 4.42. The van der Waals surface area contributed by atoms with E-state index in [0.717, 1.165) is 55.4 Å². The molecule has 5 heteroatoms. The highest BCUT2D eigenvalue weighted by atomic mass is 32.1. The van der Waals surface area contributed by atoms with Crippen LogP contribution >= 0.6 is 11.3 Å². The Hall–Kier alpha value is -1.17. The number of nitrogens with zero attached hydrogens (tertiary/aromatic N) is 2. The zero-order valence-electron chi connectivity index (χ0n) is 12.4. The summed E-state index contributed by atoms with van der Waals surface area (Å²) in [4.78, 5) is 8.05. The van der Waals surface area contributed by atoms with Crippen molar-refractivity contribution in [1.29, 1.82) is 0 Å². The summed E-state index contributed by atoms with van der Waals surface area (Å²) in [6.45, 7) is 5.37. The van der Waals surface area contributed by atoms with Crippen LogP contribution in [0.25, 0.3) is 10.8 Å². The van der Waals surface area contributed by atoms with Crippen LogP contribution in [0.15, 0.2) is 28.2 Å². The molecule has 114 valence electrons. The molecule has 0 spiro atoms. The van der Waals surface area contributed by atoms with E-state index in [4.69, 9.17) is 4.42 Å². The molecule has 0 aromatic carbocycles. The van der Waals surface area contributed by atoms with E-state index in [1.54, 1.807) is 17.6 Å². The Bertz CT molecular complexity index is 551. The Balaban J connectivity index is 1.59. The highest BCUT2D eigenvalue weighted by Crippen LogP contribution is 2.34. The molecule has 3 heterocycles. The molecule has 1 aliphatic rings. The van der Waals surface area contributed by atoms with Crippen molar-refractivity contribution in [3.8, 4) is 10.8 Å². The van der Waals surface area contributed by atoms with Gasteiger partial charge in [-0.15, -0.1) is 11.3 Å². The molecule has 21 heavy (non-hydrogen) atoms. The third kappa shape index (κ3) is 3.20. The number of hydrogen-bond acceptors (Lipinski definition) is 5. The summed E-state index contributed by atoms with van der Waals surface area (Å²) in [5.41, 5.74) is 1.13. The molecule has 4 nitrogen and oxygen atoms in total. The zero-order valence-corrected chi connectivity index (χ0v) is 13.2. The number of oxazole rings is 1. The lowest BCUT2D eigenvalue weighted by atomic mass is 9.77. The van der Waals surface area contributed by atoms with Gasteiger partial charge in [-0.25, -0.2) is 4.98 Å². The Morgan fingerprint density at radius 2 is 2.24 bits per heavy atom. The third-order valence-electron chi connectivity index (χ3n) is 4.67. The van der Waals surface area contributed by atoms with Gasteiger partial charge in [-0.2, -0.15) is 0 Å². The van der Waals surface area contributed by atoms with Crippen molar-refractivity contribution in [3.63, 3.8) is 0 Å². The lowest BCUT2D eigenvalue weighted by Gasteiger charge is -2.39. The second-order valence-electron chi connectivity index (χ2n) is 5.91. The lowest BCUT2D eigenvalue weighted by Crippen LogP contribution is -2.41. The van der Waals surface area contributed by atoms with E-state index in [2.05, 4.69) is 16.8 Å². The number of rotatable bonds is 5. The normalized spacial score (nSPS) is 19.0. The van der Waals surface area contributed by atoms with Crippen LogP contribution in [0, 0.1) is 5.41 Å². The molecule has 0 unspecified atom stereocenters. The highest BCUT2D eigenvalue weighted by Gasteiger charge is 2.32. The minimum atomic E-state index is 0.141. The number of hydrogen-bond donors (Lipinski definition) is 1. The quantitative estimate of drug-likeness (QED) is 0.920. The predicted molar refractivity (Wildman–Crippen MR) is 84.1 cm³/mol. The largest absolute Gasteiger partial charge is 0.444 e. The first kappa shape index (κ1) is 14.8. The number of aromatic nitrogens is 1. The molecular formula is C16H22N2O2S. The molecule has 0 amide bonds. The van der Waals surface area contributed by atoms with Gasteiger partial charge in [-0.3, -0.25) is 4.90 Å². The van der Waals surface area contributed by atoms with E-state index >= 15 is 0 Å². The van der Waals surface area contributed by atoms with Crippen LogP contribution in [0.5, 0.6) is 0 Å². The van der Waals surface area contributed by atoms with Crippen molar-refractivity contribution < 1.29 is 9.52 Å². The SMILES string of the molecule is CCC1(CO)CCN(Cc2coc(-c3cccs3)n2)CC1. The summed E-state index contributed by atoms with van der Waals surface area (Å²) in [5, 5.41) is 11.6. The van der Waals surface area contributed by atoms with Crippen molar-refractivity contribution in [2.75, 3.05) is 19.7 Å². The molecule has 0 atom stereocenters. The van der Waals surface area contributed by atoms with Crippen LogP contribution in [-0.2, 0) is 6.54 Å². The molecule has 1 N–H and O–H groups in total. The van der Waals surface area contributed by atoms with Gasteiger partial charge in [0.15, 0.2) is 0 Å². The first-order valence-electron chi connectivity index (χ1n) is 7.56. The maximum atomic E-state index is 9.58. The second kappa shape index (κ2) is 6.30. The average Bonchev–Trinajstić information content (AvgIpc) is 3.19. The van der Waals surface area contributed by atoms with Crippen molar-refractivity contribution in [2.24, 2.45) is 5.41 Å². The van der Waals surface area contributed by atoms with Crippen LogP contribution in [0.2, 0.25) is 0 Å². The van der Waals surface area contributed by atoms with Crippen molar-refractivity contribution in [2.45, 2.75) is 32.7 Å². The Morgan fingerprint density at radius 3 is 2.86 bits per heavy atom. The maximum absolute atomic E-state index is 9.58. The van der Waals surface area contributed by atoms with Crippen molar-refractivity contribution in [1.82, 2.24) is 9.88 Å². The summed E-state index contributed by atoms with van der Waals surface area (Å²) in [6, 6.07) is 4.03. The molecule has 2 aromatic heterocycles. The fourth-order valence-corrected chi connectivity index (χ4v) is 3.59. The van der Waals surface area contributed by atoms with E-state index in [9.17, 15) is 5.11 Å². The van der Waals surface area contributed by atoms with Gasteiger partial charge in [0.25, 0.3) is 0 Å². The fraction of sp³-hybridized carbons (Fsp3) is 0.562. The molecule has 0 radical (unpaired) electrons. The number of aliphatic hydroxyl groups excluding tert-OH is 1. The molecule has 0 aliphatic carbocycles. The third-order valence-corrected chi connectivity index (χ3v) is 5.53. The van der Waals surface area contributed by atoms with E-state index in [0.29, 0.717) is 6.61 Å². The van der Waals surface area contributed by atoms with Crippen LogP contribution in [0.3, 0.4) is 0 Å². The van der Waals surface area contributed by atoms with E-state index in [1.165, 1.54) is 0 Å². The molecule has 0 bridgehead atoms. The Labute approximate surface area is 129 Å². The van der Waals surface area contributed by atoms with Crippen LogP contribution in [0.4, 0.5) is 0 Å². The zero-order chi connectivity index (χ0) is 14.7. The van der Waals surface area contributed by atoms with Gasteiger partial charge in [0.1, 0.15) is 6.26 Å². The molecule has 1 saturated heterocycles. The summed E-state index contributed by atoms with van der Waals surface area (Å²) in [6.07, 6.45) is 4.96. The van der Waals surface area contributed by atoms with E-state index in [-0.39, 0.29) is 5.41 Å². The molecule has 1 fully saturated rings. The Morgan fingerprint density at radius 1 is 1.43 bits per heavy atom. The summed E-state index contributed by atoms with van der Waals surface area (Å²) in [5.74, 6) is 0.718. The average molecular weight is 306 g/mol. The topological polar surface area (TPSA) is 49.5 Å². The molecule has 3 rings (SSSR count). The van der Waals surface area contributed by atoms with Gasteiger partial charge in [0.05, 0.1) is 10.6 Å². The van der Waals surface area contributed by atoms with Crippen LogP contribution in [0.1, 0.15) is 31.9 Å². The van der Waals surface area contributed by atoms with Gasteiger partial charge in [-0.1, -0.05) is 13.0 Å². The van der Waals surface area contributed by atoms with Gasteiger partial charge in [0.2, 0.25) is 5.89 Å². The minimum Gasteiger partial charge on any atom is -0.444 e. The first-order chi connectivity index (χ1) is 10.2. The van der Waals surface area contributed by atoms with Crippen LogP contribution < -0.4 is 0 Å². The highest BCUT2D eigenvalue weighted by molar-refractivity contribution is 7.13. The number of aliphatic hydroxyl groups is 1. The number of piperidine rings is 1. The molecule has 2 aromatic rings. The summed E-state index contributed by atoms with van der Waals surface area (Å²) >= 11 is 1.64. The molecule has 0 saturated carbocycles. The van der Waals surface area contributed by atoms with E-state index in [1.807, 2.05) is 17.5 Å². The number of thiophene rings is 1. The van der Waals surface area contributed by atoms with Gasteiger partial charge < -0.3 is 9.52 Å². The standard InChI is InChI=1S/C16H22N2O2S/c1-2-16(12-19)5-7-18(8-6-16)10-13-11-20-15(17-13)14-4-3-9-21-14/h3-4,9,11,19H,2,5-8,10,12H2,1H3. The predicted octanol–water partition coefficient (Wildman–Crippen LogP) is 3.39. The minimum absolute atomic E-state index is 0.141. The van der Waals surface area contributed by atoms with Crippen molar-refractivity contribution in [3.05, 3.63) is 29.5 Å². The van der Waals surface area contributed by atoms with Gasteiger partial charge >= 0.3 is 0 Å². The summed E-state index contributed by atoms with van der Waals surface area (Å²) in [7, 11) is 0. The summed E-state index contributed by atoms with van der Waals surface area (Å²) < 4.78 is 5.57. The smallest absolute Gasteiger partial charge is 0.236 e. The first-order valence-corrected chi connectivity index (χ1v) is 8.44. The lowest BCUT2D eigenvalue weighted by molar-refractivity contribution is 0.0378. The monoisotopic (exact) mass is 306 g/mol. The van der Waals surface area contributed by atoms with Crippen LogP contribution in [-0.4, -0.2) is 34.7 Å². The molecular weight excluding hydrogens is 284 g/mol. The van der Waals surface area contributed by atoms with Gasteiger partial charge in [0, 0.05) is 13.2 Å². The fourth-order valence-electron chi connectivity index (χ4n) is 2.93. The maximum Gasteiger partial charge on any atom is 0.236 e. The molecule has 1 aliphatic heterocycles. The van der Waals surface area contributed by atoms with Crippen molar-refractivity contribution >= 4 is 11.3 Å².